The topological polar surface area (TPSA) is 60.0 Å². The van der Waals surface area contributed by atoms with E-state index >= 15 is 0 Å². The summed E-state index contributed by atoms with van der Waals surface area (Å²) in [7, 11) is 0. The normalized spacial score (nSPS) is 13.0. The van der Waals surface area contributed by atoms with Crippen molar-refractivity contribution in [3.05, 3.63) is 42.2 Å². The molecule has 0 radical (unpaired) electrons. The first-order valence-electron chi connectivity index (χ1n) is 6.20. The quantitative estimate of drug-likeness (QED) is 0.750. The Kier molecular flexibility index (Phi) is 2.74. The van der Waals surface area contributed by atoms with Gasteiger partial charge < -0.3 is 14.5 Å². The van der Waals surface area contributed by atoms with E-state index in [4.69, 9.17) is 9.47 Å². The van der Waals surface area contributed by atoms with Gasteiger partial charge in [0.05, 0.1) is 16.7 Å². The summed E-state index contributed by atoms with van der Waals surface area (Å²) >= 11 is 1.63. The maximum Gasteiger partial charge on any atom is 0.231 e. The highest BCUT2D eigenvalue weighted by atomic mass is 32.2. The Bertz CT molecular complexity index is 717. The van der Waals surface area contributed by atoms with E-state index in [0.717, 1.165) is 39.1 Å². The number of thioether (sulfide) groups is 1. The number of aromatic amines is 1. The van der Waals surface area contributed by atoms with Gasteiger partial charge in [0, 0.05) is 24.1 Å². The Morgan fingerprint density at radius 2 is 2.10 bits per heavy atom. The fourth-order valence-electron chi connectivity index (χ4n) is 2.07. The summed E-state index contributed by atoms with van der Waals surface area (Å²) in [6.07, 6.45) is 1.80. The van der Waals surface area contributed by atoms with E-state index in [1.807, 2.05) is 30.3 Å². The van der Waals surface area contributed by atoms with Gasteiger partial charge in [-0.3, -0.25) is 4.98 Å². The molecule has 6 heteroatoms. The van der Waals surface area contributed by atoms with Crippen molar-refractivity contribution < 1.29 is 9.47 Å². The second kappa shape index (κ2) is 4.72. The van der Waals surface area contributed by atoms with E-state index in [1.54, 1.807) is 18.0 Å². The van der Waals surface area contributed by atoms with Gasteiger partial charge in [-0.1, -0.05) is 17.8 Å². The lowest BCUT2D eigenvalue weighted by Crippen LogP contribution is -1.92. The van der Waals surface area contributed by atoms with Crippen molar-refractivity contribution in [3.63, 3.8) is 0 Å². The summed E-state index contributed by atoms with van der Waals surface area (Å²) in [5.74, 6) is 2.31. The van der Waals surface area contributed by atoms with Crippen LogP contribution in [0.2, 0.25) is 0 Å². The van der Waals surface area contributed by atoms with Gasteiger partial charge in [-0.05, 0) is 12.1 Å². The summed E-state index contributed by atoms with van der Waals surface area (Å²) in [6.45, 7) is 0.281. The monoisotopic (exact) mass is 285 g/mol. The predicted octanol–water partition coefficient (Wildman–Crippen LogP) is 2.98. The second-order valence-electron chi connectivity index (χ2n) is 4.37. The van der Waals surface area contributed by atoms with E-state index in [9.17, 15) is 0 Å². The first-order chi connectivity index (χ1) is 9.88. The van der Waals surface area contributed by atoms with Crippen LogP contribution >= 0.6 is 11.8 Å². The minimum Gasteiger partial charge on any atom is -0.454 e. The Morgan fingerprint density at radius 3 is 2.95 bits per heavy atom. The fraction of sp³-hybridized carbons (Fsp3) is 0.143. The first kappa shape index (κ1) is 11.6. The van der Waals surface area contributed by atoms with Crippen LogP contribution in [0.5, 0.6) is 11.5 Å². The number of pyridine rings is 1. The molecule has 3 aromatic rings. The number of nitrogens with one attached hydrogen (secondary N) is 1. The molecule has 0 fully saturated rings. The van der Waals surface area contributed by atoms with Gasteiger partial charge in [0.25, 0.3) is 0 Å². The van der Waals surface area contributed by atoms with Crippen LogP contribution < -0.4 is 9.47 Å². The molecule has 1 N–H and O–H groups in total. The smallest absolute Gasteiger partial charge is 0.231 e. The summed E-state index contributed by atoms with van der Waals surface area (Å²) in [6, 6.07) is 9.73. The lowest BCUT2D eigenvalue weighted by molar-refractivity contribution is 0.174. The number of benzene rings is 1. The average molecular weight is 285 g/mol. The molecule has 1 aliphatic rings. The number of nitrogens with zero attached hydrogens (tertiary/aromatic N) is 2. The molecule has 4 rings (SSSR count). The predicted molar refractivity (Wildman–Crippen MR) is 76.0 cm³/mol. The van der Waals surface area contributed by atoms with Gasteiger partial charge in [-0.25, -0.2) is 4.98 Å². The molecule has 0 spiro atoms. The van der Waals surface area contributed by atoms with Crippen molar-refractivity contribution in [1.82, 2.24) is 15.0 Å². The second-order valence-corrected chi connectivity index (χ2v) is 5.34. The molecular formula is C14H11N3O2S. The maximum absolute atomic E-state index is 5.36. The third-order valence-corrected chi connectivity index (χ3v) is 3.94. The van der Waals surface area contributed by atoms with E-state index in [1.165, 1.54) is 0 Å². The van der Waals surface area contributed by atoms with Crippen LogP contribution in [0.25, 0.3) is 11.0 Å². The van der Waals surface area contributed by atoms with Gasteiger partial charge in [-0.2, -0.15) is 0 Å². The molecule has 2 aromatic heterocycles. The number of hydrogen-bond donors (Lipinski definition) is 1. The van der Waals surface area contributed by atoms with Gasteiger partial charge in [0.1, 0.15) is 0 Å². The van der Waals surface area contributed by atoms with E-state index < -0.39 is 0 Å². The summed E-state index contributed by atoms with van der Waals surface area (Å²) in [5.41, 5.74) is 2.88. The largest absolute Gasteiger partial charge is 0.454 e. The third kappa shape index (κ3) is 2.08. The Labute approximate surface area is 119 Å². The van der Waals surface area contributed by atoms with Gasteiger partial charge in [-0.15, -0.1) is 0 Å². The highest BCUT2D eigenvalue weighted by Gasteiger charge is 2.16. The number of H-pyrrole nitrogens is 1. The van der Waals surface area contributed by atoms with Crippen molar-refractivity contribution in [1.29, 1.82) is 0 Å². The van der Waals surface area contributed by atoms with E-state index in [0.29, 0.717) is 0 Å². The lowest BCUT2D eigenvalue weighted by atomic mass is 10.3. The molecule has 5 nitrogen and oxygen atoms in total. The fourth-order valence-corrected chi connectivity index (χ4v) is 2.87. The lowest BCUT2D eigenvalue weighted by Gasteiger charge is -1.96. The highest BCUT2D eigenvalue weighted by molar-refractivity contribution is 7.98. The Hall–Kier alpha value is -2.21. The Morgan fingerprint density at radius 1 is 1.20 bits per heavy atom. The molecular weight excluding hydrogens is 274 g/mol. The van der Waals surface area contributed by atoms with Crippen LogP contribution in [0.1, 0.15) is 5.69 Å². The number of fused-ring (bicyclic) bond motifs is 2. The van der Waals surface area contributed by atoms with Crippen molar-refractivity contribution in [2.75, 3.05) is 6.79 Å². The van der Waals surface area contributed by atoms with E-state index in [-0.39, 0.29) is 6.79 Å². The Balaban J connectivity index is 1.58. The minimum atomic E-state index is 0.281. The highest BCUT2D eigenvalue weighted by Crippen LogP contribution is 2.36. The summed E-state index contributed by atoms with van der Waals surface area (Å²) < 4.78 is 10.7. The number of ether oxygens (including phenoxy) is 2. The van der Waals surface area contributed by atoms with Gasteiger partial charge in [0.15, 0.2) is 16.7 Å². The molecule has 0 atom stereocenters. The zero-order chi connectivity index (χ0) is 13.4. The van der Waals surface area contributed by atoms with Crippen LogP contribution in [0.4, 0.5) is 0 Å². The SMILES string of the molecule is c1ccc(CSc2nc3cc4c(cc3[nH]2)OCO4)nc1. The molecule has 0 aliphatic carbocycles. The van der Waals surface area contributed by atoms with Crippen LogP contribution in [0.3, 0.4) is 0 Å². The molecule has 100 valence electrons. The molecule has 0 saturated carbocycles. The van der Waals surface area contributed by atoms with Crippen molar-refractivity contribution in [3.8, 4) is 11.5 Å². The van der Waals surface area contributed by atoms with Crippen molar-refractivity contribution in [2.45, 2.75) is 10.9 Å². The van der Waals surface area contributed by atoms with Crippen LogP contribution in [-0.4, -0.2) is 21.7 Å². The first-order valence-corrected chi connectivity index (χ1v) is 7.19. The molecule has 20 heavy (non-hydrogen) atoms. The zero-order valence-corrected chi connectivity index (χ0v) is 11.3. The standard InChI is InChI=1S/C14H11N3O2S/c1-2-4-15-9(3-1)7-20-14-16-10-5-12-13(19-8-18-12)6-11(10)17-14/h1-6H,7-8H2,(H,16,17). The van der Waals surface area contributed by atoms with Crippen molar-refractivity contribution in [2.24, 2.45) is 0 Å². The zero-order valence-electron chi connectivity index (χ0n) is 10.5. The van der Waals surface area contributed by atoms with Crippen LogP contribution in [0, 0.1) is 0 Å². The summed E-state index contributed by atoms with van der Waals surface area (Å²) in [5, 5.41) is 0.870. The number of aromatic nitrogens is 3. The number of imidazole rings is 1. The van der Waals surface area contributed by atoms with Gasteiger partial charge in [0.2, 0.25) is 6.79 Å². The number of hydrogen-bond acceptors (Lipinski definition) is 5. The third-order valence-electron chi connectivity index (χ3n) is 3.04. The molecule has 0 amide bonds. The molecule has 1 aliphatic heterocycles. The van der Waals surface area contributed by atoms with E-state index in [2.05, 4.69) is 15.0 Å². The van der Waals surface area contributed by atoms with Crippen molar-refractivity contribution >= 4 is 22.8 Å². The summed E-state index contributed by atoms with van der Waals surface area (Å²) in [4.78, 5) is 12.1. The molecule has 0 saturated heterocycles. The minimum absolute atomic E-state index is 0.281. The molecule has 1 aromatic carbocycles. The van der Waals surface area contributed by atoms with Gasteiger partial charge >= 0.3 is 0 Å². The van der Waals surface area contributed by atoms with Crippen LogP contribution in [-0.2, 0) is 5.75 Å². The molecule has 3 heterocycles. The molecule has 0 bridgehead atoms. The maximum atomic E-state index is 5.36. The average Bonchev–Trinajstić information content (AvgIpc) is 3.08. The van der Waals surface area contributed by atoms with Crippen LogP contribution in [0.15, 0.2) is 41.7 Å². The number of rotatable bonds is 3. The molecule has 0 unspecified atom stereocenters.